The van der Waals surface area contributed by atoms with Crippen LogP contribution in [0.3, 0.4) is 0 Å². The Morgan fingerprint density at radius 2 is 2.22 bits per heavy atom. The standard InChI is InChI=1S/C15H14F2N4O2/c16-9-1-2-11(12(17)5-9)15(22)20-4-3-14-13(7-20)21-10(8-23-14)6-18-19-21/h1-2,5-6,13-14H,3-4,7-8H2/t13-,14+/m1/s1. The summed E-state index contributed by atoms with van der Waals surface area (Å²) >= 11 is 0. The lowest BCUT2D eigenvalue weighted by Crippen LogP contribution is -2.50. The maximum absolute atomic E-state index is 13.8. The normalized spacial score (nSPS) is 23.3. The molecule has 0 N–H and O–H groups in total. The third-order valence-electron chi connectivity index (χ3n) is 4.38. The predicted molar refractivity (Wildman–Crippen MR) is 74.5 cm³/mol. The van der Waals surface area contributed by atoms with Gasteiger partial charge in [0.25, 0.3) is 5.91 Å². The van der Waals surface area contributed by atoms with E-state index in [0.29, 0.717) is 26.1 Å². The summed E-state index contributed by atoms with van der Waals surface area (Å²) in [7, 11) is 0. The van der Waals surface area contributed by atoms with Crippen LogP contribution in [0.4, 0.5) is 8.78 Å². The average Bonchev–Trinajstić information content (AvgIpc) is 3.03. The fourth-order valence-corrected chi connectivity index (χ4v) is 3.20. The predicted octanol–water partition coefficient (Wildman–Crippen LogP) is 1.54. The number of rotatable bonds is 1. The average molecular weight is 320 g/mol. The third kappa shape index (κ3) is 2.39. The van der Waals surface area contributed by atoms with Gasteiger partial charge in [0.05, 0.1) is 36.2 Å². The zero-order chi connectivity index (χ0) is 16.0. The van der Waals surface area contributed by atoms with Gasteiger partial charge in [0.2, 0.25) is 0 Å². The Labute approximate surface area is 130 Å². The largest absolute Gasteiger partial charge is 0.370 e. The lowest BCUT2D eigenvalue weighted by Gasteiger charge is -2.41. The molecule has 0 aliphatic carbocycles. The molecule has 0 saturated carbocycles. The third-order valence-corrected chi connectivity index (χ3v) is 4.38. The van der Waals surface area contributed by atoms with Gasteiger partial charge in [-0.3, -0.25) is 4.79 Å². The summed E-state index contributed by atoms with van der Waals surface area (Å²) in [6.07, 6.45) is 2.24. The van der Waals surface area contributed by atoms with E-state index in [9.17, 15) is 13.6 Å². The van der Waals surface area contributed by atoms with E-state index >= 15 is 0 Å². The number of hydrogen-bond donors (Lipinski definition) is 0. The van der Waals surface area contributed by atoms with E-state index in [1.807, 2.05) is 0 Å². The van der Waals surface area contributed by atoms with Crippen molar-refractivity contribution in [3.63, 3.8) is 0 Å². The second kappa shape index (κ2) is 5.38. The van der Waals surface area contributed by atoms with E-state index < -0.39 is 17.5 Å². The Morgan fingerprint density at radius 3 is 3.04 bits per heavy atom. The summed E-state index contributed by atoms with van der Waals surface area (Å²) < 4.78 is 34.4. The number of benzene rings is 1. The molecule has 0 radical (unpaired) electrons. The minimum absolute atomic E-state index is 0.0358. The van der Waals surface area contributed by atoms with E-state index in [2.05, 4.69) is 10.3 Å². The van der Waals surface area contributed by atoms with Gasteiger partial charge in [-0.1, -0.05) is 5.21 Å². The molecule has 1 amide bonds. The Kier molecular flexibility index (Phi) is 3.33. The second-order valence-corrected chi connectivity index (χ2v) is 5.75. The molecule has 8 heteroatoms. The van der Waals surface area contributed by atoms with Gasteiger partial charge in [0.1, 0.15) is 11.6 Å². The van der Waals surface area contributed by atoms with Crippen molar-refractivity contribution < 1.29 is 18.3 Å². The van der Waals surface area contributed by atoms with E-state index in [-0.39, 0.29) is 17.7 Å². The molecule has 1 aromatic heterocycles. The molecular weight excluding hydrogens is 306 g/mol. The number of piperidine rings is 1. The van der Waals surface area contributed by atoms with Crippen molar-refractivity contribution >= 4 is 5.91 Å². The van der Waals surface area contributed by atoms with Crippen LogP contribution in [-0.4, -0.2) is 45.0 Å². The number of carbonyl (C=O) groups excluding carboxylic acids is 1. The summed E-state index contributed by atoms with van der Waals surface area (Å²) in [4.78, 5) is 14.1. The van der Waals surface area contributed by atoms with Gasteiger partial charge in [-0.25, -0.2) is 13.5 Å². The quantitative estimate of drug-likeness (QED) is 0.800. The van der Waals surface area contributed by atoms with Crippen LogP contribution in [0.25, 0.3) is 0 Å². The zero-order valence-electron chi connectivity index (χ0n) is 12.2. The number of nitrogens with zero attached hydrogens (tertiary/aromatic N) is 4. The Hall–Kier alpha value is -2.35. The molecule has 0 spiro atoms. The topological polar surface area (TPSA) is 60.3 Å². The van der Waals surface area contributed by atoms with Crippen LogP contribution in [0.2, 0.25) is 0 Å². The van der Waals surface area contributed by atoms with Crippen LogP contribution in [-0.2, 0) is 11.3 Å². The van der Waals surface area contributed by atoms with Crippen molar-refractivity contribution in [2.75, 3.05) is 13.1 Å². The highest BCUT2D eigenvalue weighted by molar-refractivity contribution is 5.94. The molecule has 0 bridgehead atoms. The number of aromatic nitrogens is 3. The lowest BCUT2D eigenvalue weighted by molar-refractivity contribution is -0.0605. The van der Waals surface area contributed by atoms with Crippen molar-refractivity contribution in [1.82, 2.24) is 19.9 Å². The molecule has 6 nitrogen and oxygen atoms in total. The van der Waals surface area contributed by atoms with Crippen molar-refractivity contribution in [1.29, 1.82) is 0 Å². The van der Waals surface area contributed by atoms with Gasteiger partial charge in [0.15, 0.2) is 0 Å². The van der Waals surface area contributed by atoms with Crippen molar-refractivity contribution in [3.8, 4) is 0 Å². The van der Waals surface area contributed by atoms with Crippen LogP contribution >= 0.6 is 0 Å². The molecule has 120 valence electrons. The van der Waals surface area contributed by atoms with Gasteiger partial charge in [0, 0.05) is 19.2 Å². The molecule has 4 rings (SSSR count). The number of carbonyl (C=O) groups is 1. The Morgan fingerprint density at radius 1 is 1.35 bits per heavy atom. The maximum atomic E-state index is 13.8. The molecule has 1 saturated heterocycles. The number of halogens is 2. The van der Waals surface area contributed by atoms with Crippen LogP contribution in [0.5, 0.6) is 0 Å². The summed E-state index contributed by atoms with van der Waals surface area (Å²) in [6.45, 7) is 1.27. The lowest BCUT2D eigenvalue weighted by atomic mass is 9.99. The van der Waals surface area contributed by atoms with Crippen molar-refractivity contribution in [2.24, 2.45) is 0 Å². The molecular formula is C15H14F2N4O2. The van der Waals surface area contributed by atoms with E-state index in [1.54, 1.807) is 15.8 Å². The molecule has 1 fully saturated rings. The van der Waals surface area contributed by atoms with E-state index in [4.69, 9.17) is 4.74 Å². The monoisotopic (exact) mass is 320 g/mol. The summed E-state index contributed by atoms with van der Waals surface area (Å²) in [5, 5.41) is 7.94. The second-order valence-electron chi connectivity index (χ2n) is 5.75. The maximum Gasteiger partial charge on any atom is 0.256 e. The number of ether oxygens (including phenoxy) is 1. The molecule has 2 aliphatic rings. The SMILES string of the molecule is O=C(c1ccc(F)cc1F)N1CC[C@@H]2OCc3cnnn3[C@@H]2C1. The fourth-order valence-electron chi connectivity index (χ4n) is 3.20. The highest BCUT2D eigenvalue weighted by Gasteiger charge is 2.38. The first kappa shape index (κ1) is 14.3. The molecule has 2 atom stereocenters. The summed E-state index contributed by atoms with van der Waals surface area (Å²) in [6, 6.07) is 2.85. The zero-order valence-corrected chi connectivity index (χ0v) is 12.2. The molecule has 3 heterocycles. The van der Waals surface area contributed by atoms with Gasteiger partial charge < -0.3 is 9.64 Å². The number of amides is 1. The molecule has 2 aliphatic heterocycles. The minimum atomic E-state index is -0.849. The van der Waals surface area contributed by atoms with Crippen molar-refractivity contribution in [2.45, 2.75) is 25.2 Å². The minimum Gasteiger partial charge on any atom is -0.370 e. The molecule has 1 aromatic carbocycles. The number of likely N-dealkylation sites (tertiary alicyclic amines) is 1. The highest BCUT2D eigenvalue weighted by atomic mass is 19.1. The molecule has 23 heavy (non-hydrogen) atoms. The molecule has 2 aromatic rings. The smallest absolute Gasteiger partial charge is 0.256 e. The van der Waals surface area contributed by atoms with Crippen LogP contribution < -0.4 is 0 Å². The van der Waals surface area contributed by atoms with Crippen LogP contribution in [0.15, 0.2) is 24.4 Å². The summed E-state index contributed by atoms with van der Waals surface area (Å²) in [5.41, 5.74) is 0.730. The number of fused-ring (bicyclic) bond motifs is 3. The Bertz CT molecular complexity index is 764. The van der Waals surface area contributed by atoms with E-state index in [1.165, 1.54) is 6.07 Å². The van der Waals surface area contributed by atoms with Crippen molar-refractivity contribution in [3.05, 3.63) is 47.3 Å². The first-order valence-electron chi connectivity index (χ1n) is 7.38. The first-order chi connectivity index (χ1) is 11.1. The number of hydrogen-bond acceptors (Lipinski definition) is 4. The van der Waals surface area contributed by atoms with Gasteiger partial charge in [-0.2, -0.15) is 0 Å². The van der Waals surface area contributed by atoms with Crippen LogP contribution in [0, 0.1) is 11.6 Å². The van der Waals surface area contributed by atoms with Crippen LogP contribution in [0.1, 0.15) is 28.5 Å². The Balaban J connectivity index is 1.59. The fraction of sp³-hybridized carbons (Fsp3) is 0.400. The summed E-state index contributed by atoms with van der Waals surface area (Å²) in [5.74, 6) is -2.00. The van der Waals surface area contributed by atoms with Gasteiger partial charge in [-0.15, -0.1) is 5.10 Å². The van der Waals surface area contributed by atoms with Gasteiger partial charge in [-0.05, 0) is 18.6 Å². The first-order valence-corrected chi connectivity index (χ1v) is 7.38. The molecule has 0 unspecified atom stereocenters. The van der Waals surface area contributed by atoms with E-state index in [0.717, 1.165) is 17.8 Å². The highest BCUT2D eigenvalue weighted by Crippen LogP contribution is 2.30. The van der Waals surface area contributed by atoms with Gasteiger partial charge >= 0.3 is 0 Å².